The first-order valence-electron chi connectivity index (χ1n) is 6.22. The van der Waals surface area contributed by atoms with Crippen molar-refractivity contribution < 1.29 is 0 Å². The molecule has 0 amide bonds. The first kappa shape index (κ1) is 17.7. The van der Waals surface area contributed by atoms with Crippen LogP contribution in [0.3, 0.4) is 0 Å². The van der Waals surface area contributed by atoms with Crippen molar-refractivity contribution in [2.75, 3.05) is 11.2 Å². The summed E-state index contributed by atoms with van der Waals surface area (Å²) in [7, 11) is 0. The van der Waals surface area contributed by atoms with Gasteiger partial charge in [0.25, 0.3) is 0 Å². The summed E-state index contributed by atoms with van der Waals surface area (Å²) in [5.74, 6) is 0. The minimum Gasteiger partial charge on any atom is -0.330 e. The molecule has 0 spiro atoms. The van der Waals surface area contributed by atoms with Gasteiger partial charge in [-0.15, -0.1) is 0 Å². The molecule has 3 N–H and O–H groups in total. The van der Waals surface area contributed by atoms with Crippen molar-refractivity contribution in [3.05, 3.63) is 29.8 Å². The second kappa shape index (κ2) is 8.88. The van der Waals surface area contributed by atoms with E-state index in [2.05, 4.69) is 62.5 Å². The Morgan fingerprint density at radius 2 is 1.70 bits per heavy atom. The van der Waals surface area contributed by atoms with E-state index in [9.17, 15) is 0 Å². The Morgan fingerprint density at radius 1 is 1.00 bits per heavy atom. The van der Waals surface area contributed by atoms with Crippen LogP contribution in [-0.2, 0) is 0 Å². The molecular formula is C12H13IN8S2. The molecule has 0 saturated carbocycles. The van der Waals surface area contributed by atoms with Crippen molar-refractivity contribution in [1.29, 1.82) is 0 Å². The van der Waals surface area contributed by atoms with Crippen LogP contribution in [0.1, 0.15) is 0 Å². The number of alkyl halides is 1. The molecule has 4 aromatic heterocycles. The molecule has 0 saturated heterocycles. The Kier molecular flexibility index (Phi) is 6.85. The third kappa shape index (κ3) is 4.68. The molecule has 4 heterocycles. The van der Waals surface area contributed by atoms with E-state index in [1.807, 2.05) is 11.2 Å². The van der Waals surface area contributed by atoms with Gasteiger partial charge in [0.15, 0.2) is 21.2 Å². The van der Waals surface area contributed by atoms with Gasteiger partial charge < -0.3 is 15.0 Å². The molecule has 0 unspecified atom stereocenters. The minimum absolute atomic E-state index is 0.579. The first-order valence-corrected chi connectivity index (χ1v) is 10.0. The van der Waals surface area contributed by atoms with Crippen LogP contribution in [0.2, 0.25) is 0 Å². The van der Waals surface area contributed by atoms with Crippen LogP contribution in [0, 0.1) is 4.77 Å². The fraction of sp³-hybridized carbons (Fsp3) is 0.167. The highest BCUT2D eigenvalue weighted by Gasteiger charge is 2.00. The lowest BCUT2D eigenvalue weighted by atomic mass is 10.6. The van der Waals surface area contributed by atoms with E-state index >= 15 is 0 Å². The molecule has 120 valence electrons. The highest BCUT2D eigenvalue weighted by molar-refractivity contribution is 14.1. The topological polar surface area (TPSA) is 112 Å². The molecule has 0 aromatic carbocycles. The molecule has 0 fully saturated rings. The van der Waals surface area contributed by atoms with Crippen LogP contribution in [0.15, 0.2) is 30.2 Å². The number of fused-ring (bicyclic) bond motifs is 2. The lowest BCUT2D eigenvalue weighted by Gasteiger charge is -1.81. The minimum atomic E-state index is 0.579. The van der Waals surface area contributed by atoms with Crippen LogP contribution in [0.5, 0.6) is 0 Å². The summed E-state index contributed by atoms with van der Waals surface area (Å²) in [6.07, 6.45) is 8.32. The molecule has 4 rings (SSSR count). The molecule has 23 heavy (non-hydrogen) atoms. The van der Waals surface area contributed by atoms with Crippen molar-refractivity contribution >= 4 is 68.9 Å². The number of nitrogens with one attached hydrogen (secondary N) is 3. The normalized spacial score (nSPS) is 9.87. The number of hydrogen-bond donors (Lipinski definition) is 3. The van der Waals surface area contributed by atoms with E-state index < -0.39 is 0 Å². The molecule has 11 heteroatoms. The zero-order valence-electron chi connectivity index (χ0n) is 12.2. The van der Waals surface area contributed by atoms with Gasteiger partial charge in [0, 0.05) is 0 Å². The highest BCUT2D eigenvalue weighted by atomic mass is 127. The third-order valence-corrected chi connectivity index (χ3v) is 3.31. The standard InChI is InChI=1S/C6H6N4S.C5H4N4S.CH3I/c1-11-6-9-4-2-7-3-8-5(4)10-6;10-5-8-3-1-6-2-7-4(3)9-5;1-2/h2-3H,1H3,(H,7,8,9,10);1-2H,(H2,6,7,8,9,10);1H3. The van der Waals surface area contributed by atoms with E-state index in [1.54, 1.807) is 24.2 Å². The van der Waals surface area contributed by atoms with Gasteiger partial charge in [0.05, 0.1) is 12.4 Å². The van der Waals surface area contributed by atoms with Gasteiger partial charge in [0.1, 0.15) is 23.7 Å². The number of imidazole rings is 2. The lowest BCUT2D eigenvalue weighted by molar-refractivity contribution is 1.08. The molecule has 0 aliphatic carbocycles. The van der Waals surface area contributed by atoms with Gasteiger partial charge in [-0.3, -0.25) is 0 Å². The predicted molar refractivity (Wildman–Crippen MR) is 102 cm³/mol. The molecule has 4 aromatic rings. The number of halogens is 1. The number of aromatic nitrogens is 8. The average Bonchev–Trinajstić information content (AvgIpc) is 3.18. The Hall–Kier alpha value is -1.60. The van der Waals surface area contributed by atoms with E-state index in [0.717, 1.165) is 27.5 Å². The summed E-state index contributed by atoms with van der Waals surface area (Å²) in [4.78, 5) is 30.6. The highest BCUT2D eigenvalue weighted by Crippen LogP contribution is 2.13. The van der Waals surface area contributed by atoms with Gasteiger partial charge in [-0.05, 0) is 23.4 Å². The van der Waals surface area contributed by atoms with Gasteiger partial charge in [-0.25, -0.2) is 24.9 Å². The van der Waals surface area contributed by atoms with Gasteiger partial charge in [0.2, 0.25) is 0 Å². The van der Waals surface area contributed by atoms with E-state index in [0.29, 0.717) is 4.77 Å². The van der Waals surface area contributed by atoms with Crippen molar-refractivity contribution in [3.63, 3.8) is 0 Å². The fourth-order valence-electron chi connectivity index (χ4n) is 1.62. The first-order chi connectivity index (χ1) is 11.3. The van der Waals surface area contributed by atoms with E-state index in [1.165, 1.54) is 12.7 Å². The van der Waals surface area contributed by atoms with E-state index in [4.69, 9.17) is 12.2 Å². The Balaban J connectivity index is 0.000000152. The van der Waals surface area contributed by atoms with Gasteiger partial charge in [-0.2, -0.15) is 0 Å². The predicted octanol–water partition coefficient (Wildman–Crippen LogP) is 3.14. The van der Waals surface area contributed by atoms with Crippen molar-refractivity contribution in [2.24, 2.45) is 0 Å². The summed E-state index contributed by atoms with van der Waals surface area (Å²) in [6, 6.07) is 0. The Bertz CT molecular complexity index is 862. The SMILES string of the molecule is CI.CSc1nc2ncncc2[nH]1.S=c1[nH]c2cncnc2[nH]1. The summed E-state index contributed by atoms with van der Waals surface area (Å²) < 4.78 is 0.579. The molecule has 8 nitrogen and oxygen atoms in total. The zero-order valence-corrected chi connectivity index (χ0v) is 16.0. The van der Waals surface area contributed by atoms with Crippen molar-refractivity contribution in [2.45, 2.75) is 5.16 Å². The molecular weight excluding hydrogens is 447 g/mol. The summed E-state index contributed by atoms with van der Waals surface area (Å²) in [5, 5.41) is 0.875. The number of hydrogen-bond acceptors (Lipinski definition) is 7. The van der Waals surface area contributed by atoms with Crippen LogP contribution < -0.4 is 0 Å². The van der Waals surface area contributed by atoms with Crippen LogP contribution in [-0.4, -0.2) is 51.1 Å². The maximum atomic E-state index is 4.83. The van der Waals surface area contributed by atoms with Crippen LogP contribution in [0.4, 0.5) is 0 Å². The summed E-state index contributed by atoms with van der Waals surface area (Å²) >= 11 is 8.54. The van der Waals surface area contributed by atoms with E-state index in [-0.39, 0.29) is 0 Å². The largest absolute Gasteiger partial charge is 0.330 e. The summed E-state index contributed by atoms with van der Waals surface area (Å²) in [5.41, 5.74) is 3.20. The number of rotatable bonds is 1. The maximum absolute atomic E-state index is 4.83. The summed E-state index contributed by atoms with van der Waals surface area (Å²) in [6.45, 7) is 0. The molecule has 0 atom stereocenters. The molecule has 0 bridgehead atoms. The van der Waals surface area contributed by atoms with Gasteiger partial charge in [-0.1, -0.05) is 34.4 Å². The van der Waals surface area contributed by atoms with Crippen molar-refractivity contribution in [3.8, 4) is 0 Å². The number of H-pyrrole nitrogens is 3. The number of thioether (sulfide) groups is 1. The quantitative estimate of drug-likeness (QED) is 0.173. The Morgan fingerprint density at radius 3 is 2.35 bits per heavy atom. The lowest BCUT2D eigenvalue weighted by Crippen LogP contribution is -1.76. The average molecular weight is 460 g/mol. The zero-order chi connectivity index (χ0) is 16.7. The third-order valence-electron chi connectivity index (χ3n) is 2.53. The molecule has 0 aliphatic rings. The maximum Gasteiger partial charge on any atom is 0.181 e. The monoisotopic (exact) mass is 460 g/mol. The molecule has 0 radical (unpaired) electrons. The second-order valence-electron chi connectivity index (χ2n) is 3.87. The number of aromatic amines is 3. The molecule has 0 aliphatic heterocycles. The Labute approximate surface area is 154 Å². The van der Waals surface area contributed by atoms with Crippen LogP contribution >= 0.6 is 46.6 Å². The van der Waals surface area contributed by atoms with Crippen LogP contribution in [0.25, 0.3) is 22.3 Å². The van der Waals surface area contributed by atoms with Gasteiger partial charge >= 0.3 is 0 Å². The fourth-order valence-corrected chi connectivity index (χ4v) is 2.21. The number of nitrogens with zero attached hydrogens (tertiary/aromatic N) is 5. The second-order valence-corrected chi connectivity index (χ2v) is 5.07. The smallest absolute Gasteiger partial charge is 0.181 e. The van der Waals surface area contributed by atoms with Crippen molar-refractivity contribution in [1.82, 2.24) is 39.9 Å².